The van der Waals surface area contributed by atoms with Gasteiger partial charge in [0.25, 0.3) is 0 Å². The monoisotopic (exact) mass is 427 g/mol. The molecule has 29 heavy (non-hydrogen) atoms. The third-order valence-corrected chi connectivity index (χ3v) is 4.55. The number of benzene rings is 3. The summed E-state index contributed by atoms with van der Waals surface area (Å²) < 4.78 is 5.72. The van der Waals surface area contributed by atoms with E-state index in [-0.39, 0.29) is 10.6 Å². The van der Waals surface area contributed by atoms with Crippen molar-refractivity contribution < 1.29 is 14.4 Å². The van der Waals surface area contributed by atoms with Gasteiger partial charge in [0.05, 0.1) is 10.6 Å². The number of phenols is 1. The zero-order valence-electron chi connectivity index (χ0n) is 14.5. The Labute approximate surface area is 174 Å². The van der Waals surface area contributed by atoms with Crippen molar-refractivity contribution in [3.8, 4) is 17.2 Å². The maximum atomic E-state index is 11.0. The molecule has 0 fully saturated rings. The second kappa shape index (κ2) is 7.54. The molecule has 0 bridgehead atoms. The van der Waals surface area contributed by atoms with E-state index in [0.717, 1.165) is 11.6 Å². The van der Waals surface area contributed by atoms with Crippen LogP contribution in [0.2, 0.25) is 10.0 Å². The van der Waals surface area contributed by atoms with Gasteiger partial charge in [0.2, 0.25) is 11.6 Å². The summed E-state index contributed by atoms with van der Waals surface area (Å²) in [6.45, 7) is 0. The van der Waals surface area contributed by atoms with Gasteiger partial charge in [-0.1, -0.05) is 23.2 Å². The number of oxazole rings is 1. The molecule has 4 rings (SSSR count). The zero-order chi connectivity index (χ0) is 20.5. The molecule has 0 radical (unpaired) electrons. The normalized spacial score (nSPS) is 11.4. The second-order valence-electron chi connectivity index (χ2n) is 6.06. The smallest absolute Gasteiger partial charge is 0.312 e. The molecule has 1 N–H and O–H groups in total. The van der Waals surface area contributed by atoms with Crippen molar-refractivity contribution in [2.24, 2.45) is 4.99 Å². The van der Waals surface area contributed by atoms with Crippen molar-refractivity contribution in [2.75, 3.05) is 0 Å². The summed E-state index contributed by atoms with van der Waals surface area (Å²) in [5.41, 5.74) is 2.26. The summed E-state index contributed by atoms with van der Waals surface area (Å²) in [4.78, 5) is 18.9. The molecule has 4 aromatic rings. The van der Waals surface area contributed by atoms with E-state index in [9.17, 15) is 15.2 Å². The Balaban J connectivity index is 1.60. The molecule has 3 aromatic carbocycles. The van der Waals surface area contributed by atoms with Crippen LogP contribution in [0.1, 0.15) is 5.56 Å². The van der Waals surface area contributed by atoms with Crippen LogP contribution in [0.15, 0.2) is 64.0 Å². The van der Waals surface area contributed by atoms with Crippen LogP contribution in [0.25, 0.3) is 22.6 Å². The number of halogens is 2. The van der Waals surface area contributed by atoms with Crippen LogP contribution < -0.4 is 0 Å². The Bertz CT molecular complexity index is 1270. The summed E-state index contributed by atoms with van der Waals surface area (Å²) in [6, 6.07) is 14.7. The lowest BCUT2D eigenvalue weighted by molar-refractivity contribution is -0.385. The van der Waals surface area contributed by atoms with E-state index in [1.165, 1.54) is 12.3 Å². The van der Waals surface area contributed by atoms with Gasteiger partial charge >= 0.3 is 5.69 Å². The van der Waals surface area contributed by atoms with E-state index in [1.807, 2.05) is 0 Å². The van der Waals surface area contributed by atoms with E-state index in [2.05, 4.69) is 9.98 Å². The highest BCUT2D eigenvalue weighted by molar-refractivity contribution is 6.31. The van der Waals surface area contributed by atoms with Gasteiger partial charge in [0, 0.05) is 33.5 Å². The van der Waals surface area contributed by atoms with Crippen molar-refractivity contribution in [1.29, 1.82) is 0 Å². The van der Waals surface area contributed by atoms with Crippen LogP contribution in [0.4, 0.5) is 11.4 Å². The van der Waals surface area contributed by atoms with Crippen molar-refractivity contribution in [2.45, 2.75) is 0 Å². The van der Waals surface area contributed by atoms with Gasteiger partial charge in [-0.3, -0.25) is 15.1 Å². The molecular weight excluding hydrogens is 417 g/mol. The number of aliphatic imine (C=N–C) groups is 1. The van der Waals surface area contributed by atoms with Crippen LogP contribution in [0, 0.1) is 10.1 Å². The summed E-state index contributed by atoms with van der Waals surface area (Å²) in [5.74, 6) is -0.0502. The topological polar surface area (TPSA) is 102 Å². The first kappa shape index (κ1) is 18.9. The first-order valence-electron chi connectivity index (χ1n) is 8.28. The molecule has 0 saturated carbocycles. The number of phenolic OH excluding ortho intramolecular Hbond substituents is 1. The van der Waals surface area contributed by atoms with Crippen molar-refractivity contribution >= 4 is 51.9 Å². The van der Waals surface area contributed by atoms with Crippen molar-refractivity contribution in [3.63, 3.8) is 0 Å². The molecule has 0 unspecified atom stereocenters. The molecule has 0 amide bonds. The SMILES string of the molecule is O=[N+]([O-])c1cc(Cl)cc(C=Nc2ccc(-c3nc4cc(Cl)ccc4o3)cc2)c1O. The molecule has 7 nitrogen and oxygen atoms in total. The lowest BCUT2D eigenvalue weighted by Crippen LogP contribution is -1.92. The summed E-state index contributed by atoms with van der Waals surface area (Å²) >= 11 is 11.8. The number of rotatable bonds is 4. The fourth-order valence-corrected chi connectivity index (χ4v) is 3.09. The Kier molecular flexibility index (Phi) is 4.92. The maximum absolute atomic E-state index is 11.0. The molecule has 0 saturated heterocycles. The minimum absolute atomic E-state index is 0.127. The average molecular weight is 428 g/mol. The summed E-state index contributed by atoms with van der Waals surface area (Å²) in [5, 5.41) is 21.7. The zero-order valence-corrected chi connectivity index (χ0v) is 16.1. The minimum atomic E-state index is -0.707. The molecule has 1 heterocycles. The predicted octanol–water partition coefficient (Wildman–Crippen LogP) is 6.17. The number of aromatic hydroxyl groups is 1. The number of hydrogen-bond donors (Lipinski definition) is 1. The lowest BCUT2D eigenvalue weighted by Gasteiger charge is -2.02. The lowest BCUT2D eigenvalue weighted by atomic mass is 10.2. The highest BCUT2D eigenvalue weighted by Crippen LogP contribution is 2.33. The largest absolute Gasteiger partial charge is 0.502 e. The molecule has 0 atom stereocenters. The van der Waals surface area contributed by atoms with Crippen molar-refractivity contribution in [3.05, 3.63) is 80.3 Å². The Morgan fingerprint density at radius 1 is 1.07 bits per heavy atom. The number of nitrogens with zero attached hydrogens (tertiary/aromatic N) is 3. The molecule has 1 aromatic heterocycles. The molecular formula is C20H11Cl2N3O4. The molecule has 0 spiro atoms. The maximum Gasteiger partial charge on any atom is 0.312 e. The first-order chi connectivity index (χ1) is 13.9. The minimum Gasteiger partial charge on any atom is -0.502 e. The van der Waals surface area contributed by atoms with E-state index in [1.54, 1.807) is 42.5 Å². The van der Waals surface area contributed by atoms with E-state index < -0.39 is 16.4 Å². The van der Waals surface area contributed by atoms with E-state index in [4.69, 9.17) is 27.6 Å². The van der Waals surface area contributed by atoms with Crippen LogP contribution in [0.5, 0.6) is 5.75 Å². The molecule has 0 aliphatic carbocycles. The molecule has 144 valence electrons. The van der Waals surface area contributed by atoms with E-state index in [0.29, 0.717) is 27.7 Å². The number of aromatic nitrogens is 1. The molecule has 9 heteroatoms. The van der Waals surface area contributed by atoms with Crippen LogP contribution in [-0.4, -0.2) is 21.2 Å². The van der Waals surface area contributed by atoms with Gasteiger partial charge in [0.15, 0.2) is 5.58 Å². The fourth-order valence-electron chi connectivity index (χ4n) is 2.70. The van der Waals surface area contributed by atoms with Crippen LogP contribution in [-0.2, 0) is 0 Å². The van der Waals surface area contributed by atoms with E-state index >= 15 is 0 Å². The second-order valence-corrected chi connectivity index (χ2v) is 6.93. The Morgan fingerprint density at radius 3 is 2.55 bits per heavy atom. The van der Waals surface area contributed by atoms with Gasteiger partial charge in [-0.15, -0.1) is 0 Å². The van der Waals surface area contributed by atoms with Crippen LogP contribution >= 0.6 is 23.2 Å². The van der Waals surface area contributed by atoms with Gasteiger partial charge in [-0.2, -0.15) is 0 Å². The Morgan fingerprint density at radius 2 is 1.83 bits per heavy atom. The number of nitro benzene ring substituents is 1. The van der Waals surface area contributed by atoms with Crippen molar-refractivity contribution in [1.82, 2.24) is 4.98 Å². The fraction of sp³-hybridized carbons (Fsp3) is 0. The number of nitro groups is 1. The van der Waals surface area contributed by atoms with Gasteiger partial charge in [-0.25, -0.2) is 4.98 Å². The third kappa shape index (κ3) is 3.91. The van der Waals surface area contributed by atoms with Gasteiger partial charge in [0.1, 0.15) is 5.52 Å². The standard InChI is InChI=1S/C20H11Cl2N3O4/c21-13-3-6-18-16(8-13)24-20(29-18)11-1-4-15(5-2-11)23-10-12-7-14(22)9-17(19(12)26)25(27)28/h1-10,26H. The summed E-state index contributed by atoms with van der Waals surface area (Å²) in [6.07, 6.45) is 1.31. The first-order valence-corrected chi connectivity index (χ1v) is 9.04. The average Bonchev–Trinajstić information content (AvgIpc) is 3.11. The van der Waals surface area contributed by atoms with Gasteiger partial charge < -0.3 is 9.52 Å². The van der Waals surface area contributed by atoms with Gasteiger partial charge in [-0.05, 0) is 48.5 Å². The quantitative estimate of drug-likeness (QED) is 0.238. The molecule has 0 aliphatic rings. The number of fused-ring (bicyclic) bond motifs is 1. The third-order valence-electron chi connectivity index (χ3n) is 4.10. The van der Waals surface area contributed by atoms with Crippen LogP contribution in [0.3, 0.4) is 0 Å². The molecule has 0 aliphatic heterocycles. The highest BCUT2D eigenvalue weighted by Gasteiger charge is 2.17. The predicted molar refractivity (Wildman–Crippen MR) is 111 cm³/mol. The Hall–Kier alpha value is -3.42. The highest BCUT2D eigenvalue weighted by atomic mass is 35.5. The number of hydrogen-bond acceptors (Lipinski definition) is 6. The summed E-state index contributed by atoms with van der Waals surface area (Å²) in [7, 11) is 0.